The van der Waals surface area contributed by atoms with Crippen LogP contribution in [-0.4, -0.2) is 47.8 Å². The third-order valence-electron chi connectivity index (χ3n) is 8.65. The number of nitrogens with one attached hydrogen (secondary N) is 2. The minimum Gasteiger partial charge on any atom is -0.361 e. The Bertz CT molecular complexity index is 1070. The van der Waals surface area contributed by atoms with E-state index in [1.54, 1.807) is 0 Å². The topological polar surface area (TPSA) is 56.3 Å². The van der Waals surface area contributed by atoms with Gasteiger partial charge in [-0.2, -0.15) is 9.97 Å². The Hall–Kier alpha value is -2.12. The molecule has 1 aromatic heterocycles. The Kier molecular flexibility index (Phi) is 8.94. The molecule has 38 heavy (non-hydrogen) atoms. The molecule has 0 spiro atoms. The Morgan fingerprint density at radius 1 is 0.921 bits per heavy atom. The lowest BCUT2D eigenvalue weighted by atomic mass is 9.69. The quantitative estimate of drug-likeness (QED) is 0.381. The van der Waals surface area contributed by atoms with Crippen LogP contribution >= 0.6 is 23.8 Å². The lowest BCUT2D eigenvalue weighted by Gasteiger charge is -2.38. The van der Waals surface area contributed by atoms with Gasteiger partial charge < -0.3 is 20.4 Å². The summed E-state index contributed by atoms with van der Waals surface area (Å²) in [6.07, 6.45) is 11.1. The van der Waals surface area contributed by atoms with Gasteiger partial charge in [-0.15, -0.1) is 0 Å². The predicted octanol–water partition coefficient (Wildman–Crippen LogP) is 6.79. The highest BCUT2D eigenvalue weighted by atomic mass is 35.5. The van der Waals surface area contributed by atoms with Crippen LogP contribution in [0, 0.1) is 11.8 Å². The third kappa shape index (κ3) is 6.71. The maximum atomic E-state index is 6.20. The van der Waals surface area contributed by atoms with Gasteiger partial charge in [0.15, 0.2) is 5.11 Å². The number of piperidine rings is 2. The Morgan fingerprint density at radius 3 is 2.18 bits per heavy atom. The first-order valence-electron chi connectivity index (χ1n) is 14.6. The van der Waals surface area contributed by atoms with Crippen LogP contribution in [-0.2, 0) is 5.41 Å². The highest BCUT2D eigenvalue weighted by Gasteiger charge is 2.34. The second kappa shape index (κ2) is 12.4. The third-order valence-corrected chi connectivity index (χ3v) is 9.15. The number of hydrogen-bond acceptors (Lipinski definition) is 5. The first-order chi connectivity index (χ1) is 18.4. The lowest BCUT2D eigenvalue weighted by molar-refractivity contribution is 0.292. The largest absolute Gasteiger partial charge is 0.361 e. The molecule has 3 heterocycles. The van der Waals surface area contributed by atoms with Crippen molar-refractivity contribution in [2.75, 3.05) is 47.8 Å². The van der Waals surface area contributed by atoms with Crippen molar-refractivity contribution in [3.05, 3.63) is 40.9 Å². The van der Waals surface area contributed by atoms with Crippen molar-refractivity contribution in [3.63, 3.8) is 0 Å². The summed E-state index contributed by atoms with van der Waals surface area (Å²) in [5.41, 5.74) is 1.41. The van der Waals surface area contributed by atoms with Crippen LogP contribution in [0.15, 0.2) is 30.3 Å². The highest BCUT2D eigenvalue weighted by Crippen LogP contribution is 2.39. The zero-order valence-corrected chi connectivity index (χ0v) is 24.6. The van der Waals surface area contributed by atoms with Crippen LogP contribution in [0.1, 0.15) is 77.2 Å². The van der Waals surface area contributed by atoms with Crippen molar-refractivity contribution in [1.82, 2.24) is 15.3 Å². The van der Waals surface area contributed by atoms with Gasteiger partial charge in [0.05, 0.1) is 0 Å². The number of anilines is 3. The number of rotatable bonds is 6. The van der Waals surface area contributed by atoms with Gasteiger partial charge in [-0.05, 0) is 80.3 Å². The number of benzene rings is 1. The van der Waals surface area contributed by atoms with Gasteiger partial charge in [0.25, 0.3) is 0 Å². The zero-order valence-electron chi connectivity index (χ0n) is 23.0. The molecule has 0 unspecified atom stereocenters. The zero-order chi connectivity index (χ0) is 26.5. The normalized spacial score (nSPS) is 23.7. The molecule has 0 radical (unpaired) electrons. The summed E-state index contributed by atoms with van der Waals surface area (Å²) in [7, 11) is 0. The van der Waals surface area contributed by atoms with Gasteiger partial charge in [-0.3, -0.25) is 0 Å². The van der Waals surface area contributed by atoms with Crippen LogP contribution in [0.2, 0.25) is 5.02 Å². The summed E-state index contributed by atoms with van der Waals surface area (Å²) in [5.74, 6) is 3.93. The number of thiocarbonyl (C=S) groups is 1. The standard InChI is InChI=1S/C30H43ClN6S/c1-22-17-23(2)20-37(19-22)27-18-26(36-15-7-4-8-16-36)33-28(34-27)35-29(38)32-21-30(13-5-3-6-14-30)24-9-11-25(31)12-10-24/h9-12,18,22-23H,3-8,13-17,19-21H2,1-2H3,(H2,32,33,34,35,38)/t22-,23+. The van der Waals surface area contributed by atoms with E-state index in [0.29, 0.717) is 22.9 Å². The summed E-state index contributed by atoms with van der Waals surface area (Å²) in [4.78, 5) is 14.8. The highest BCUT2D eigenvalue weighted by molar-refractivity contribution is 7.80. The summed E-state index contributed by atoms with van der Waals surface area (Å²) >= 11 is 12.0. The first-order valence-corrected chi connectivity index (χ1v) is 15.4. The van der Waals surface area contributed by atoms with E-state index < -0.39 is 0 Å². The van der Waals surface area contributed by atoms with E-state index in [4.69, 9.17) is 33.8 Å². The van der Waals surface area contributed by atoms with Gasteiger partial charge >= 0.3 is 0 Å². The number of aromatic nitrogens is 2. The summed E-state index contributed by atoms with van der Waals surface area (Å²) < 4.78 is 0. The molecule has 1 saturated carbocycles. The number of halogens is 1. The molecule has 1 aliphatic carbocycles. The number of nitrogens with zero attached hydrogens (tertiary/aromatic N) is 4. The van der Waals surface area contributed by atoms with E-state index in [-0.39, 0.29) is 5.41 Å². The van der Waals surface area contributed by atoms with Crippen LogP contribution in [0.3, 0.4) is 0 Å². The molecule has 0 bridgehead atoms. The maximum Gasteiger partial charge on any atom is 0.232 e. The van der Waals surface area contributed by atoms with Gasteiger partial charge in [-0.1, -0.05) is 56.8 Å². The van der Waals surface area contributed by atoms with E-state index in [1.807, 2.05) is 12.1 Å². The van der Waals surface area contributed by atoms with Gasteiger partial charge in [0.1, 0.15) is 11.6 Å². The molecule has 2 aliphatic heterocycles. The molecule has 6 nitrogen and oxygen atoms in total. The van der Waals surface area contributed by atoms with Gasteiger partial charge in [-0.25, -0.2) is 0 Å². The van der Waals surface area contributed by atoms with Crippen molar-refractivity contribution in [3.8, 4) is 0 Å². The monoisotopic (exact) mass is 554 g/mol. The van der Waals surface area contributed by atoms with Crippen molar-refractivity contribution in [2.45, 2.75) is 77.0 Å². The van der Waals surface area contributed by atoms with Gasteiger partial charge in [0.2, 0.25) is 5.95 Å². The van der Waals surface area contributed by atoms with Crippen LogP contribution < -0.4 is 20.4 Å². The minimum atomic E-state index is 0.0658. The fourth-order valence-electron chi connectivity index (χ4n) is 6.77. The molecule has 1 aromatic carbocycles. The first kappa shape index (κ1) is 27.4. The second-order valence-corrected chi connectivity index (χ2v) is 12.8. The minimum absolute atomic E-state index is 0.0658. The van der Waals surface area contributed by atoms with E-state index >= 15 is 0 Å². The van der Waals surface area contributed by atoms with E-state index in [2.05, 4.69) is 52.5 Å². The molecule has 8 heteroatoms. The second-order valence-electron chi connectivity index (χ2n) is 12.0. The molecule has 206 valence electrons. The summed E-state index contributed by atoms with van der Waals surface area (Å²) in [5, 5.41) is 8.28. The predicted molar refractivity (Wildman–Crippen MR) is 164 cm³/mol. The molecule has 2 N–H and O–H groups in total. The summed E-state index contributed by atoms with van der Waals surface area (Å²) in [6.45, 7) is 9.65. The Labute approximate surface area is 238 Å². The van der Waals surface area contributed by atoms with Crippen molar-refractivity contribution in [2.24, 2.45) is 11.8 Å². The van der Waals surface area contributed by atoms with Crippen molar-refractivity contribution in [1.29, 1.82) is 0 Å². The molecular weight excluding hydrogens is 512 g/mol. The van der Waals surface area contributed by atoms with E-state index in [9.17, 15) is 0 Å². The SMILES string of the molecule is C[C@@H]1C[C@H](C)CN(c2cc(N3CCCCC3)nc(NC(=S)NCC3(c4ccc(Cl)cc4)CCCCC3)n2)C1. The Balaban J connectivity index is 1.33. The van der Waals surface area contributed by atoms with E-state index in [0.717, 1.165) is 62.2 Å². The van der Waals surface area contributed by atoms with Crippen molar-refractivity contribution < 1.29 is 0 Å². The lowest BCUT2D eigenvalue weighted by Crippen LogP contribution is -2.44. The fourth-order valence-corrected chi connectivity index (χ4v) is 7.06. The molecule has 3 aliphatic rings. The van der Waals surface area contributed by atoms with Gasteiger partial charge in [0, 0.05) is 49.2 Å². The smallest absolute Gasteiger partial charge is 0.232 e. The van der Waals surface area contributed by atoms with Crippen molar-refractivity contribution >= 4 is 46.5 Å². The average Bonchev–Trinajstić information content (AvgIpc) is 2.92. The van der Waals surface area contributed by atoms with Crippen LogP contribution in [0.25, 0.3) is 0 Å². The average molecular weight is 555 g/mol. The van der Waals surface area contributed by atoms with Crippen LogP contribution in [0.5, 0.6) is 0 Å². The molecule has 3 fully saturated rings. The number of hydrogen-bond donors (Lipinski definition) is 2. The molecule has 2 aromatic rings. The fraction of sp³-hybridized carbons (Fsp3) is 0.633. The van der Waals surface area contributed by atoms with Crippen LogP contribution in [0.4, 0.5) is 17.6 Å². The van der Waals surface area contributed by atoms with E-state index in [1.165, 1.54) is 50.5 Å². The molecule has 5 rings (SSSR count). The molecular formula is C30H43ClN6S. The Morgan fingerprint density at radius 2 is 1.53 bits per heavy atom. The molecule has 2 atom stereocenters. The summed E-state index contributed by atoms with van der Waals surface area (Å²) in [6, 6.07) is 10.6. The molecule has 2 saturated heterocycles. The molecule has 0 amide bonds. The maximum absolute atomic E-state index is 6.20.